The number of Topliss-reactive ketones (excluding diaryl/α,β-unsaturated/α-hetero) is 1. The van der Waals surface area contributed by atoms with Crippen LogP contribution in [0.4, 0.5) is 29.7 Å². The van der Waals surface area contributed by atoms with Crippen LogP contribution in [0.25, 0.3) is 0 Å². The number of aliphatic hydroxyl groups is 1. The van der Waals surface area contributed by atoms with Crippen molar-refractivity contribution in [2.75, 3.05) is 147 Å². The summed E-state index contributed by atoms with van der Waals surface area (Å²) in [6.45, 7) is 6.81. The molecule has 14 atom stereocenters. The number of nitrogens with zero attached hydrogens (tertiary/aromatic N) is 3. The minimum absolute atomic E-state index is 0.0121. The summed E-state index contributed by atoms with van der Waals surface area (Å²) in [6.07, 6.45) is -0.202. The molecule has 0 aromatic heterocycles. The third kappa shape index (κ3) is 33.9. The molecule has 0 spiro atoms. The summed E-state index contributed by atoms with van der Waals surface area (Å²) in [4.78, 5) is 179. The summed E-state index contributed by atoms with van der Waals surface area (Å²) in [7, 11) is -8.85. The highest BCUT2D eigenvalue weighted by atomic mass is 32.2. The lowest BCUT2D eigenvalue weighted by Gasteiger charge is -2.63. The Bertz CT molecular complexity index is 5510. The molecule has 7 aliphatic rings. The maximum atomic E-state index is 18.1. The van der Waals surface area contributed by atoms with Gasteiger partial charge in [0.05, 0.1) is 108 Å². The molecular formula is C100H140F2N16O28S2. The minimum atomic E-state index is -4.42. The van der Waals surface area contributed by atoms with Crippen LogP contribution >= 0.6 is 0 Å². The Morgan fingerprint density at radius 2 is 1.30 bits per heavy atom. The third-order valence-electron chi connectivity index (χ3n) is 27.4. The Morgan fingerprint density at radius 3 is 1.97 bits per heavy atom. The van der Waals surface area contributed by atoms with Gasteiger partial charge >= 0.3 is 12.1 Å². The number of fused-ring (bicyclic) bond motifs is 9. The lowest BCUT2D eigenvalue weighted by atomic mass is 9.44. The van der Waals surface area contributed by atoms with Gasteiger partial charge in [-0.1, -0.05) is 107 Å². The van der Waals surface area contributed by atoms with E-state index in [4.69, 9.17) is 58.3 Å². The highest BCUT2D eigenvalue weighted by molar-refractivity contribution is 7.86. The maximum absolute atomic E-state index is 18.1. The second-order valence-corrected chi connectivity index (χ2v) is 41.4. The van der Waals surface area contributed by atoms with Crippen LogP contribution < -0.4 is 69.1 Å². The molecule has 12 amide bonds. The number of urea groups is 1. The number of carbonyl (C=O) groups excluding carboxylic acids is 13. The molecule has 148 heavy (non-hydrogen) atoms. The van der Waals surface area contributed by atoms with Crippen LogP contribution in [0.15, 0.2) is 113 Å². The van der Waals surface area contributed by atoms with E-state index >= 15 is 8.78 Å². The van der Waals surface area contributed by atoms with Gasteiger partial charge in [0.2, 0.25) is 53.2 Å². The number of rotatable bonds is 60. The van der Waals surface area contributed by atoms with Crippen molar-refractivity contribution in [1.29, 1.82) is 5.53 Å². The second kappa shape index (κ2) is 56.8. The van der Waals surface area contributed by atoms with Crippen molar-refractivity contribution >= 4 is 108 Å². The molecule has 1 saturated heterocycles. The molecule has 48 heteroatoms. The van der Waals surface area contributed by atoms with E-state index in [0.717, 1.165) is 23.6 Å². The second-order valence-electron chi connectivity index (χ2n) is 38.3. The van der Waals surface area contributed by atoms with E-state index < -0.39 is 225 Å². The molecule has 4 fully saturated rings. The molecule has 814 valence electrons. The molecule has 5 aliphatic carbocycles. The highest BCUT2D eigenvalue weighted by Crippen LogP contribution is 2.72. The van der Waals surface area contributed by atoms with Crippen molar-refractivity contribution in [2.24, 2.45) is 39.4 Å². The number of ketones is 2. The Balaban J connectivity index is 0.702. The number of benzene rings is 3. The molecule has 44 nitrogen and oxygen atoms in total. The maximum Gasteiger partial charge on any atom is 0.407 e. The molecule has 17 N–H and O–H groups in total. The van der Waals surface area contributed by atoms with E-state index in [0.29, 0.717) is 67.6 Å². The monoisotopic (exact) mass is 2110 g/mol. The van der Waals surface area contributed by atoms with Crippen LogP contribution in [0.3, 0.4) is 0 Å². The smallest absolute Gasteiger partial charge is 0.407 e. The zero-order valence-corrected chi connectivity index (χ0v) is 85.7. The van der Waals surface area contributed by atoms with Crippen LogP contribution in [0.1, 0.15) is 172 Å². The van der Waals surface area contributed by atoms with Gasteiger partial charge in [0.1, 0.15) is 49.3 Å². The Kier molecular flexibility index (Phi) is 45.3. The zero-order chi connectivity index (χ0) is 107. The number of unbranched alkanes of at least 4 members (excludes halogenated alkanes) is 1. The fourth-order valence-electron chi connectivity index (χ4n) is 19.9. The Morgan fingerprint density at radius 1 is 0.676 bits per heavy atom. The molecule has 10 rings (SSSR count). The first-order valence-corrected chi connectivity index (χ1v) is 53.3. The molecule has 0 bridgehead atoms. The predicted octanol–water partition coefficient (Wildman–Crippen LogP) is 4.27. The number of amides is 12. The number of halogens is 2. The van der Waals surface area contributed by atoms with Crippen LogP contribution in [-0.2, 0) is 124 Å². The lowest BCUT2D eigenvalue weighted by molar-refractivity contribution is -0.233. The average molecular weight is 2120 g/mol. The van der Waals surface area contributed by atoms with Gasteiger partial charge < -0.3 is 112 Å². The van der Waals surface area contributed by atoms with Gasteiger partial charge in [-0.05, 0) is 155 Å². The summed E-state index contributed by atoms with van der Waals surface area (Å²) >= 11 is 0. The molecule has 3 aromatic rings. The van der Waals surface area contributed by atoms with Gasteiger partial charge in [-0.3, -0.25) is 66.7 Å². The first-order valence-electron chi connectivity index (χ1n) is 50.1. The molecule has 3 unspecified atom stereocenters. The van der Waals surface area contributed by atoms with Crippen LogP contribution in [0.2, 0.25) is 0 Å². The number of para-hydroxylation sites is 1. The number of primary amides is 1. The number of anilines is 2. The number of ether oxygens (including phenoxy) is 8. The van der Waals surface area contributed by atoms with Crippen molar-refractivity contribution in [3.05, 3.63) is 130 Å². The van der Waals surface area contributed by atoms with E-state index in [1.807, 2.05) is 55.5 Å². The molecule has 2 aliphatic heterocycles. The number of alkyl carbamates (subject to hydrolysis) is 1. The Labute approximate surface area is 859 Å². The number of nitrogens with one attached hydrogen (secondary N) is 12. The fourth-order valence-corrected chi connectivity index (χ4v) is 20.6. The topological polar surface area (TPSA) is 626 Å². The summed E-state index contributed by atoms with van der Waals surface area (Å²) in [5, 5.41) is 45.2. The van der Waals surface area contributed by atoms with Crippen molar-refractivity contribution in [3.63, 3.8) is 0 Å². The lowest BCUT2D eigenvalue weighted by Crippen LogP contribution is -2.71. The first-order chi connectivity index (χ1) is 70.6. The summed E-state index contributed by atoms with van der Waals surface area (Å²) < 4.78 is 145. The van der Waals surface area contributed by atoms with Gasteiger partial charge in [-0.2, -0.15) is 21.9 Å². The van der Waals surface area contributed by atoms with Gasteiger partial charge in [0.25, 0.3) is 20.2 Å². The van der Waals surface area contributed by atoms with Crippen molar-refractivity contribution in [1.82, 2.24) is 58.1 Å². The standard InChI is InChI=1S/C100H140F2N16O28S2/c1-6-17-89-145-82-56-71-72-55-74(101)73-54-70(119)34-36-97(73,4)99(72,102)80(120)57-98(71,5)100(82,146-89)81(121)58-111-96(132)144-62-65-26-30-69(31-27-65)112-92(128)77(23-16-38-110-95(103)131)114-94(130)90(64(2)3)115-93(129)76(113-84(123)35-44-139-46-48-141-50-51-142-49-47-140-45-40-107-83(122)32-33-88(127)118-59-68-20-11-10-18-66(68)28-29-67-19-12-13-24-78(67)118)22-14-15-37-106-87(126)63-143-79-25-9-7-8-21-75(91(79)116-104)105-39-43-117(60-85(124)108-41-52-147(133,134)135)61-86(125)109-42-53-148(136,137)138/h10-13,18-20,24,26-27,30-31,34,36,54,64,71-72,74,76-77,79-80,82,89-90,104-105,120H,6-9,14-17,21-23,25,32-33,35,37-53,55-63H2,1-5H3,(H,106,126)(H,107,122)(H,108,124)(H,109,125)(H,111,132)(H,112,128)(H,113,123)(H,114,130)(H,115,129)(H3,103,110,131)(H,133,134,135)(H,136,137,138)/b91-75-,116-104?/t71?,72-,74-,76+,77-,79?,80-,82+,89?,90-,97-,98-,99-,100+/m0/s1. The van der Waals surface area contributed by atoms with Crippen molar-refractivity contribution in [2.45, 2.75) is 224 Å². The largest absolute Gasteiger partial charge is 0.445 e. The number of nitrogens with two attached hydrogens (primary N) is 1. The van der Waals surface area contributed by atoms with Gasteiger partial charge in [-0.25, -0.2) is 23.9 Å². The normalized spacial score (nSPS) is 23.3. The predicted molar refractivity (Wildman–Crippen MR) is 532 cm³/mol. The fraction of sp³-hybridized carbons (Fsp3) is 0.610. The highest BCUT2D eigenvalue weighted by Gasteiger charge is 2.80. The van der Waals surface area contributed by atoms with E-state index in [-0.39, 0.29) is 192 Å². The van der Waals surface area contributed by atoms with Crippen LogP contribution in [-0.4, -0.2) is 309 Å². The SMILES string of the molecule is CCCC1O[C@@H]2CC3[C@@H]4C[C@H](F)C5=CC(=O)C=C[C@]5(C)[C@@]4(F)[C@@H](O)C[C@]3(C)[C@]2(C(=O)CNC(=O)OCc2ccc(NC(=O)[C@H](CCCNC(N)=O)NC(=O)[C@@H](NC(=O)[C@@H](CCCCNC(=O)COC3CCCCC/C(NCCN(CC(=O)NCCS(=O)(=O)O)CC(=O)NCCS(=O)(=O)O)=C\3N=N)NC(=O)CCOCCOCCOCCOCCNC(=O)CCC(=O)N3Cc4ccccc4C#Cc4ccccc43)C(C)C)cc2)O1. The van der Waals surface area contributed by atoms with E-state index in [2.05, 4.69) is 75.4 Å². The molecular weight excluding hydrogens is 1980 g/mol. The molecule has 3 saturated carbocycles. The van der Waals surface area contributed by atoms with E-state index in [1.165, 1.54) is 48.2 Å². The van der Waals surface area contributed by atoms with Crippen LogP contribution in [0.5, 0.6) is 0 Å². The van der Waals surface area contributed by atoms with Crippen molar-refractivity contribution in [3.8, 4) is 11.8 Å². The van der Waals surface area contributed by atoms with Gasteiger partial charge in [-0.15, -0.1) is 0 Å². The average Bonchev–Trinajstić information content (AvgIpc) is 1.47. The minimum Gasteiger partial charge on any atom is -0.445 e. The van der Waals surface area contributed by atoms with Crippen molar-refractivity contribution < 1.29 is 140 Å². The molecule has 2 heterocycles. The number of carbonyl (C=O) groups is 13. The number of allylic oxidation sites excluding steroid dienone is 5. The first kappa shape index (κ1) is 118. The summed E-state index contributed by atoms with van der Waals surface area (Å²) in [5.74, 6) is -4.31. The number of aliphatic hydroxyl groups excluding tert-OH is 1. The van der Waals surface area contributed by atoms with E-state index in [9.17, 15) is 84.3 Å². The third-order valence-corrected chi connectivity index (χ3v) is 28.8. The zero-order valence-electron chi connectivity index (χ0n) is 84.0. The quantitative estimate of drug-likeness (QED) is 0.0162. The number of hydrogen-bond acceptors (Lipinski definition) is 30. The molecule has 0 radical (unpaired) electrons. The number of hydrogen-bond donors (Lipinski definition) is 16. The van der Waals surface area contributed by atoms with Crippen LogP contribution in [0, 0.1) is 46.0 Å². The van der Waals surface area contributed by atoms with Gasteiger partial charge in [0, 0.05) is 104 Å². The summed E-state index contributed by atoms with van der Waals surface area (Å²) in [6, 6.07) is 16.2. The van der Waals surface area contributed by atoms with Gasteiger partial charge in [0.15, 0.2) is 29.1 Å². The Hall–Kier alpha value is -11.7. The van der Waals surface area contributed by atoms with E-state index in [1.54, 1.807) is 25.7 Å². The molecule has 3 aromatic carbocycles. The summed E-state index contributed by atoms with van der Waals surface area (Å²) in [5.41, 5.74) is 10.7. The number of alkyl halides is 2.